The van der Waals surface area contributed by atoms with Crippen molar-refractivity contribution in [1.82, 2.24) is 4.90 Å². The molecule has 1 aliphatic carbocycles. The molecule has 0 amide bonds. The molecule has 29 heavy (non-hydrogen) atoms. The lowest BCUT2D eigenvalue weighted by Gasteiger charge is -2.49. The van der Waals surface area contributed by atoms with Gasteiger partial charge in [0.25, 0.3) is 0 Å². The summed E-state index contributed by atoms with van der Waals surface area (Å²) < 4.78 is 0. The highest BCUT2D eigenvalue weighted by molar-refractivity contribution is 5.36. The highest BCUT2D eigenvalue weighted by atomic mass is 16.3. The van der Waals surface area contributed by atoms with Gasteiger partial charge in [-0.1, -0.05) is 82.6 Å². The van der Waals surface area contributed by atoms with Crippen molar-refractivity contribution in [3.8, 4) is 0 Å². The van der Waals surface area contributed by atoms with Crippen LogP contribution in [-0.4, -0.2) is 34.4 Å². The number of rotatable bonds is 12. The van der Waals surface area contributed by atoms with Crippen molar-refractivity contribution in [2.75, 3.05) is 13.2 Å². The minimum absolute atomic E-state index is 0.0316. The van der Waals surface area contributed by atoms with Gasteiger partial charge in [0.2, 0.25) is 0 Å². The minimum atomic E-state index is -0.201. The second kappa shape index (κ2) is 11.5. The second-order valence-electron chi connectivity index (χ2n) is 9.49. The van der Waals surface area contributed by atoms with Gasteiger partial charge in [0, 0.05) is 24.6 Å². The number of hydrogen-bond donors (Lipinski definition) is 2. The largest absolute Gasteiger partial charge is 0.396 e. The molecular formula is C26H43NO2. The number of fused-ring (bicyclic) bond motifs is 1. The second-order valence-corrected chi connectivity index (χ2v) is 9.49. The van der Waals surface area contributed by atoms with Crippen LogP contribution in [0.5, 0.6) is 0 Å². The molecule has 164 valence electrons. The van der Waals surface area contributed by atoms with E-state index >= 15 is 0 Å². The van der Waals surface area contributed by atoms with Gasteiger partial charge in [-0.2, -0.15) is 0 Å². The summed E-state index contributed by atoms with van der Waals surface area (Å²) in [5.41, 5.74) is 3.00. The van der Waals surface area contributed by atoms with Crippen molar-refractivity contribution in [2.45, 2.75) is 109 Å². The van der Waals surface area contributed by atoms with Gasteiger partial charge in [0.15, 0.2) is 0 Å². The number of nitrogens with zero attached hydrogens (tertiary/aromatic N) is 1. The van der Waals surface area contributed by atoms with E-state index in [1.807, 2.05) is 0 Å². The lowest BCUT2D eigenvalue weighted by Crippen LogP contribution is -2.47. The minimum Gasteiger partial charge on any atom is -0.396 e. The first-order valence-corrected chi connectivity index (χ1v) is 12.3. The molecule has 1 aromatic carbocycles. The van der Waals surface area contributed by atoms with Crippen LogP contribution in [0.15, 0.2) is 24.3 Å². The number of benzene rings is 1. The average Bonchev–Trinajstić information content (AvgIpc) is 3.14. The molecule has 0 bridgehead atoms. The fourth-order valence-electron chi connectivity index (χ4n) is 6.05. The molecule has 1 aromatic rings. The summed E-state index contributed by atoms with van der Waals surface area (Å²) in [5, 5.41) is 20.1. The molecule has 1 aliphatic heterocycles. The van der Waals surface area contributed by atoms with Crippen molar-refractivity contribution in [3.05, 3.63) is 35.4 Å². The average molecular weight is 402 g/mol. The summed E-state index contributed by atoms with van der Waals surface area (Å²) in [5.74, 6) is 0. The summed E-state index contributed by atoms with van der Waals surface area (Å²) in [6.07, 6.45) is 15.4. The van der Waals surface area contributed by atoms with Crippen LogP contribution in [0.4, 0.5) is 0 Å². The van der Waals surface area contributed by atoms with Gasteiger partial charge in [-0.3, -0.25) is 4.90 Å². The standard InChI is InChI=1S/C26H43NO2/c1-2-24(29)26(17-11-8-12-18-26)25-23-16-10-9-15-22(23)21-27(25)19-13-6-4-3-5-7-14-20-28/h9-10,15-16,24-25,28-29H,2-8,11-14,17-21H2,1H3. The Balaban J connectivity index is 1.65. The predicted octanol–water partition coefficient (Wildman–Crippen LogP) is 5.99. The summed E-state index contributed by atoms with van der Waals surface area (Å²) in [6.45, 7) is 4.69. The van der Waals surface area contributed by atoms with Crippen molar-refractivity contribution >= 4 is 0 Å². The van der Waals surface area contributed by atoms with Crippen LogP contribution in [0.3, 0.4) is 0 Å². The van der Waals surface area contributed by atoms with E-state index in [-0.39, 0.29) is 11.5 Å². The van der Waals surface area contributed by atoms with Gasteiger partial charge in [0.1, 0.15) is 0 Å². The molecule has 1 fully saturated rings. The van der Waals surface area contributed by atoms with E-state index in [2.05, 4.69) is 36.1 Å². The summed E-state index contributed by atoms with van der Waals surface area (Å²) >= 11 is 0. The SMILES string of the molecule is CCC(O)C1(C2c3ccccc3CN2CCCCCCCCCO)CCCCC1. The molecule has 3 nitrogen and oxygen atoms in total. The highest BCUT2D eigenvalue weighted by Gasteiger charge is 2.50. The van der Waals surface area contributed by atoms with Crippen molar-refractivity contribution in [3.63, 3.8) is 0 Å². The summed E-state index contributed by atoms with van der Waals surface area (Å²) in [6, 6.07) is 9.39. The molecule has 0 spiro atoms. The molecule has 2 unspecified atom stereocenters. The van der Waals surface area contributed by atoms with Crippen molar-refractivity contribution in [2.24, 2.45) is 5.41 Å². The zero-order valence-electron chi connectivity index (χ0n) is 18.6. The summed E-state index contributed by atoms with van der Waals surface area (Å²) in [4.78, 5) is 2.71. The topological polar surface area (TPSA) is 43.7 Å². The molecule has 3 rings (SSSR count). The monoisotopic (exact) mass is 401 g/mol. The van der Waals surface area contributed by atoms with Crippen LogP contribution in [-0.2, 0) is 6.54 Å². The molecule has 2 aliphatic rings. The lowest BCUT2D eigenvalue weighted by molar-refractivity contribution is -0.0694. The Bertz CT molecular complexity index is 596. The van der Waals surface area contributed by atoms with Gasteiger partial charge in [0.05, 0.1) is 6.10 Å². The molecule has 1 heterocycles. The first-order valence-electron chi connectivity index (χ1n) is 12.3. The smallest absolute Gasteiger partial charge is 0.0612 e. The van der Waals surface area contributed by atoms with Gasteiger partial charge in [-0.25, -0.2) is 0 Å². The van der Waals surface area contributed by atoms with Gasteiger partial charge in [-0.15, -0.1) is 0 Å². The van der Waals surface area contributed by atoms with E-state index in [9.17, 15) is 5.11 Å². The fraction of sp³-hybridized carbons (Fsp3) is 0.769. The molecule has 1 saturated carbocycles. The van der Waals surface area contributed by atoms with Crippen LogP contribution < -0.4 is 0 Å². The molecule has 0 radical (unpaired) electrons. The quantitative estimate of drug-likeness (QED) is 0.423. The fourth-order valence-corrected chi connectivity index (χ4v) is 6.05. The molecular weight excluding hydrogens is 358 g/mol. The van der Waals surface area contributed by atoms with Crippen LogP contribution in [0.2, 0.25) is 0 Å². The Morgan fingerprint density at radius 3 is 2.31 bits per heavy atom. The normalized spacial score (nSPS) is 22.5. The van der Waals surface area contributed by atoms with Gasteiger partial charge >= 0.3 is 0 Å². The van der Waals surface area contributed by atoms with Crippen LogP contribution in [0.25, 0.3) is 0 Å². The Morgan fingerprint density at radius 1 is 0.966 bits per heavy atom. The van der Waals surface area contributed by atoms with E-state index in [0.717, 1.165) is 32.4 Å². The van der Waals surface area contributed by atoms with Crippen LogP contribution in [0.1, 0.15) is 108 Å². The van der Waals surface area contributed by atoms with E-state index in [4.69, 9.17) is 5.11 Å². The van der Waals surface area contributed by atoms with Gasteiger partial charge in [-0.05, 0) is 49.8 Å². The van der Waals surface area contributed by atoms with E-state index < -0.39 is 0 Å². The first-order chi connectivity index (χ1) is 14.2. The molecule has 2 atom stereocenters. The maximum Gasteiger partial charge on any atom is 0.0612 e. The van der Waals surface area contributed by atoms with Gasteiger partial charge < -0.3 is 10.2 Å². The van der Waals surface area contributed by atoms with Crippen molar-refractivity contribution in [1.29, 1.82) is 0 Å². The third-order valence-corrected chi connectivity index (χ3v) is 7.57. The Kier molecular flexibility index (Phi) is 9.02. The zero-order valence-corrected chi connectivity index (χ0v) is 18.6. The molecule has 2 N–H and O–H groups in total. The number of aliphatic hydroxyl groups is 2. The lowest BCUT2D eigenvalue weighted by atomic mass is 9.63. The maximum absolute atomic E-state index is 11.2. The molecule has 0 aromatic heterocycles. The highest BCUT2D eigenvalue weighted by Crippen LogP contribution is 2.55. The van der Waals surface area contributed by atoms with Crippen LogP contribution >= 0.6 is 0 Å². The Hall–Kier alpha value is -0.900. The number of unbranched alkanes of at least 4 members (excludes halogenated alkanes) is 6. The maximum atomic E-state index is 11.2. The molecule has 3 heteroatoms. The summed E-state index contributed by atoms with van der Waals surface area (Å²) in [7, 11) is 0. The number of hydrogen-bond acceptors (Lipinski definition) is 3. The predicted molar refractivity (Wildman–Crippen MR) is 121 cm³/mol. The third-order valence-electron chi connectivity index (χ3n) is 7.57. The van der Waals surface area contributed by atoms with E-state index in [1.165, 1.54) is 75.3 Å². The van der Waals surface area contributed by atoms with Crippen LogP contribution in [0, 0.1) is 5.41 Å². The Morgan fingerprint density at radius 2 is 1.62 bits per heavy atom. The number of aliphatic hydroxyl groups excluding tert-OH is 2. The zero-order chi connectivity index (χ0) is 20.5. The van der Waals surface area contributed by atoms with E-state index in [0.29, 0.717) is 12.6 Å². The third kappa shape index (κ3) is 5.42. The van der Waals surface area contributed by atoms with E-state index in [1.54, 1.807) is 0 Å². The first kappa shape index (κ1) is 22.8. The van der Waals surface area contributed by atoms with Crippen molar-refractivity contribution < 1.29 is 10.2 Å². The Labute approximate surface area is 178 Å². The molecule has 0 saturated heterocycles.